The third kappa shape index (κ3) is 2.92. The number of carboxylic acid groups (broad SMARTS) is 1. The number of nitrogens with one attached hydrogen (secondary N) is 1. The Morgan fingerprint density at radius 2 is 2.00 bits per heavy atom. The van der Waals surface area contributed by atoms with Gasteiger partial charge >= 0.3 is 6.09 Å². The number of anilines is 2. The van der Waals surface area contributed by atoms with Crippen LogP contribution in [0.1, 0.15) is 31.4 Å². The number of nitrogens with zero attached hydrogens (tertiary/aromatic N) is 3. The predicted octanol–water partition coefficient (Wildman–Crippen LogP) is 1.81. The lowest BCUT2D eigenvalue weighted by atomic mass is 10.0. The molecule has 7 heteroatoms. The molecule has 2 aliphatic carbocycles. The lowest BCUT2D eigenvalue weighted by Crippen LogP contribution is -2.32. The summed E-state index contributed by atoms with van der Waals surface area (Å²) in [6.45, 7) is 1.24. The van der Waals surface area contributed by atoms with Crippen molar-refractivity contribution in [3.63, 3.8) is 0 Å². The van der Waals surface area contributed by atoms with Crippen molar-refractivity contribution in [2.45, 2.75) is 38.1 Å². The van der Waals surface area contributed by atoms with Crippen LogP contribution >= 0.6 is 0 Å². The Kier molecular flexibility index (Phi) is 3.50. The number of likely N-dealkylation sites (tertiary alicyclic amines) is 1. The summed E-state index contributed by atoms with van der Waals surface area (Å²) < 4.78 is 0. The summed E-state index contributed by atoms with van der Waals surface area (Å²) in [7, 11) is 0. The van der Waals surface area contributed by atoms with Crippen molar-refractivity contribution >= 4 is 17.9 Å². The van der Waals surface area contributed by atoms with Crippen molar-refractivity contribution in [1.29, 1.82) is 0 Å². The van der Waals surface area contributed by atoms with Gasteiger partial charge in [-0.15, -0.1) is 0 Å². The summed E-state index contributed by atoms with van der Waals surface area (Å²) in [6, 6.07) is 2.33. The van der Waals surface area contributed by atoms with Gasteiger partial charge in [0.05, 0.1) is 0 Å². The summed E-state index contributed by atoms with van der Waals surface area (Å²) in [6.07, 6.45) is 5.37. The molecule has 2 saturated carbocycles. The summed E-state index contributed by atoms with van der Waals surface area (Å²) >= 11 is 0. The van der Waals surface area contributed by atoms with Crippen molar-refractivity contribution < 1.29 is 9.90 Å². The number of amides is 1. The number of rotatable bonds is 4. The van der Waals surface area contributed by atoms with Gasteiger partial charge in [-0.2, -0.15) is 4.98 Å². The fraction of sp³-hybridized carbons (Fsp3) is 0.688. The molecule has 2 atom stereocenters. The van der Waals surface area contributed by atoms with Gasteiger partial charge in [-0.1, -0.05) is 25.7 Å². The molecule has 0 spiro atoms. The van der Waals surface area contributed by atoms with Crippen LogP contribution in [0.4, 0.5) is 16.6 Å². The van der Waals surface area contributed by atoms with Crippen LogP contribution in [-0.4, -0.2) is 45.2 Å². The maximum Gasteiger partial charge on any atom is 0.407 e. The highest BCUT2D eigenvalue weighted by Gasteiger charge is 2.57. The Morgan fingerprint density at radius 1 is 1.30 bits per heavy atom. The first kappa shape index (κ1) is 14.5. The molecule has 2 unspecified atom stereocenters. The first-order valence-electron chi connectivity index (χ1n) is 8.48. The Hall–Kier alpha value is -2.05. The second-order valence-electron chi connectivity index (χ2n) is 7.14. The van der Waals surface area contributed by atoms with E-state index in [0.29, 0.717) is 36.9 Å². The number of piperidine rings is 1. The van der Waals surface area contributed by atoms with Crippen LogP contribution in [0.3, 0.4) is 0 Å². The van der Waals surface area contributed by atoms with E-state index in [1.54, 1.807) is 0 Å². The molecule has 2 heterocycles. The first-order valence-corrected chi connectivity index (χ1v) is 8.48. The minimum absolute atomic E-state index is 0.319. The predicted molar refractivity (Wildman–Crippen MR) is 86.1 cm³/mol. The zero-order valence-electron chi connectivity index (χ0n) is 13.1. The van der Waals surface area contributed by atoms with E-state index in [-0.39, 0.29) is 0 Å². The lowest BCUT2D eigenvalue weighted by Gasteiger charge is -2.17. The third-order valence-corrected chi connectivity index (χ3v) is 5.55. The van der Waals surface area contributed by atoms with E-state index in [0.717, 1.165) is 23.9 Å². The molecule has 7 nitrogen and oxygen atoms in total. The van der Waals surface area contributed by atoms with Crippen LogP contribution in [0.5, 0.6) is 0 Å². The number of nitrogen functional groups attached to an aromatic ring is 1. The van der Waals surface area contributed by atoms with Crippen LogP contribution in [0.15, 0.2) is 6.07 Å². The standard InChI is InChI=1S/C16H23N5O2/c17-15-18-10(5-9-3-1-2-4-9)6-13(20-15)19-14-11-7-21(16(22)23)8-12(11)14/h6,9,11-12,14H,1-5,7-8H2,(H,22,23)(H3,17,18,19,20). The fourth-order valence-electron chi connectivity index (χ4n) is 4.27. The molecule has 1 aromatic rings. The largest absolute Gasteiger partial charge is 0.465 e. The average Bonchev–Trinajstić information content (AvgIpc) is 2.90. The van der Waals surface area contributed by atoms with Gasteiger partial charge in [0.15, 0.2) is 0 Å². The molecule has 1 aromatic heterocycles. The summed E-state index contributed by atoms with van der Waals surface area (Å²) in [4.78, 5) is 21.1. The quantitative estimate of drug-likeness (QED) is 0.782. The van der Waals surface area contributed by atoms with E-state index in [1.807, 2.05) is 6.07 Å². The summed E-state index contributed by atoms with van der Waals surface area (Å²) in [5.41, 5.74) is 6.88. The van der Waals surface area contributed by atoms with Gasteiger partial charge in [0.25, 0.3) is 0 Å². The molecular weight excluding hydrogens is 294 g/mol. The molecule has 124 valence electrons. The molecule has 4 rings (SSSR count). The van der Waals surface area contributed by atoms with Gasteiger partial charge in [-0.3, -0.25) is 0 Å². The van der Waals surface area contributed by atoms with Gasteiger partial charge in [-0.05, 0) is 12.3 Å². The van der Waals surface area contributed by atoms with E-state index < -0.39 is 6.09 Å². The topological polar surface area (TPSA) is 104 Å². The van der Waals surface area contributed by atoms with Crippen LogP contribution in [-0.2, 0) is 6.42 Å². The zero-order valence-corrected chi connectivity index (χ0v) is 13.1. The molecule has 3 fully saturated rings. The second kappa shape index (κ2) is 5.54. The van der Waals surface area contributed by atoms with Crippen LogP contribution in [0, 0.1) is 17.8 Å². The van der Waals surface area contributed by atoms with E-state index in [9.17, 15) is 4.79 Å². The van der Waals surface area contributed by atoms with Crippen molar-refractivity contribution in [2.75, 3.05) is 24.1 Å². The molecule has 4 N–H and O–H groups in total. The normalized spacial score (nSPS) is 29.6. The number of carbonyl (C=O) groups is 1. The zero-order chi connectivity index (χ0) is 16.0. The summed E-state index contributed by atoms with van der Waals surface area (Å²) in [5, 5.41) is 12.4. The Morgan fingerprint density at radius 3 is 2.65 bits per heavy atom. The third-order valence-electron chi connectivity index (χ3n) is 5.55. The van der Waals surface area contributed by atoms with Gasteiger partial charge in [-0.25, -0.2) is 9.78 Å². The molecule has 1 saturated heterocycles. The molecule has 0 aromatic carbocycles. The van der Waals surface area contributed by atoms with Gasteiger partial charge in [0, 0.05) is 42.7 Å². The first-order chi connectivity index (χ1) is 11.1. The number of nitrogens with two attached hydrogens (primary N) is 1. The minimum Gasteiger partial charge on any atom is -0.465 e. The molecule has 3 aliphatic rings. The highest BCUT2D eigenvalue weighted by Crippen LogP contribution is 2.47. The number of hydrogen-bond acceptors (Lipinski definition) is 5. The van der Waals surface area contributed by atoms with Crippen LogP contribution < -0.4 is 11.1 Å². The van der Waals surface area contributed by atoms with E-state index in [1.165, 1.54) is 30.6 Å². The van der Waals surface area contributed by atoms with Crippen molar-refractivity contribution in [2.24, 2.45) is 17.8 Å². The van der Waals surface area contributed by atoms with Gasteiger partial charge in [0.1, 0.15) is 5.82 Å². The van der Waals surface area contributed by atoms with E-state index in [4.69, 9.17) is 10.8 Å². The van der Waals surface area contributed by atoms with Crippen LogP contribution in [0.25, 0.3) is 0 Å². The Balaban J connectivity index is 1.38. The Bertz CT molecular complexity index is 604. The van der Waals surface area contributed by atoms with Crippen molar-refractivity contribution in [3.05, 3.63) is 11.8 Å². The maximum absolute atomic E-state index is 11.0. The highest BCUT2D eigenvalue weighted by molar-refractivity contribution is 5.66. The average molecular weight is 317 g/mol. The number of fused-ring (bicyclic) bond motifs is 1. The lowest BCUT2D eigenvalue weighted by molar-refractivity contribution is 0.150. The van der Waals surface area contributed by atoms with E-state index in [2.05, 4.69) is 15.3 Å². The molecule has 1 amide bonds. The number of hydrogen-bond donors (Lipinski definition) is 3. The van der Waals surface area contributed by atoms with E-state index >= 15 is 0 Å². The van der Waals surface area contributed by atoms with Crippen molar-refractivity contribution in [1.82, 2.24) is 14.9 Å². The molecule has 0 bridgehead atoms. The number of aromatic nitrogens is 2. The van der Waals surface area contributed by atoms with Crippen molar-refractivity contribution in [3.8, 4) is 0 Å². The SMILES string of the molecule is Nc1nc(CC2CCCC2)cc(NC2C3CN(C(=O)O)CC32)n1. The van der Waals surface area contributed by atoms with Gasteiger partial charge < -0.3 is 21.1 Å². The molecule has 1 aliphatic heterocycles. The molecule has 23 heavy (non-hydrogen) atoms. The monoisotopic (exact) mass is 317 g/mol. The van der Waals surface area contributed by atoms with Crippen LogP contribution in [0.2, 0.25) is 0 Å². The highest BCUT2D eigenvalue weighted by atomic mass is 16.4. The maximum atomic E-state index is 11.0. The Labute approximate surface area is 135 Å². The van der Waals surface area contributed by atoms with Gasteiger partial charge in [0.2, 0.25) is 5.95 Å². The molecular formula is C16H23N5O2. The fourth-order valence-corrected chi connectivity index (χ4v) is 4.27. The summed E-state index contributed by atoms with van der Waals surface area (Å²) in [5.74, 6) is 2.63. The second-order valence-corrected chi connectivity index (χ2v) is 7.14. The minimum atomic E-state index is -0.818. The molecule has 0 radical (unpaired) electrons. The smallest absolute Gasteiger partial charge is 0.407 e.